The van der Waals surface area contributed by atoms with E-state index in [0.717, 1.165) is 11.8 Å². The largest absolute Gasteiger partial charge is 0.506 e. The van der Waals surface area contributed by atoms with Crippen LogP contribution in [-0.2, 0) is 14.6 Å². The number of phenolic OH excluding ortho intramolecular Hbond substituents is 1. The maximum atomic E-state index is 11.6. The number of hydrogen-bond donors (Lipinski definition) is 2. The molecule has 5 nitrogen and oxygen atoms in total. The van der Waals surface area contributed by atoms with Gasteiger partial charge in [0.1, 0.15) is 11.0 Å². The van der Waals surface area contributed by atoms with E-state index in [9.17, 15) is 18.3 Å². The van der Waals surface area contributed by atoms with Crippen molar-refractivity contribution in [3.8, 4) is 5.75 Å². The molecule has 0 spiro atoms. The molecule has 0 saturated heterocycles. The van der Waals surface area contributed by atoms with Gasteiger partial charge in [0.05, 0.1) is 5.69 Å². The zero-order chi connectivity index (χ0) is 13.2. The summed E-state index contributed by atoms with van der Waals surface area (Å²) < 4.78 is 22.4. The number of sulfone groups is 1. The van der Waals surface area contributed by atoms with Crippen molar-refractivity contribution in [1.29, 1.82) is 0 Å². The third-order valence-corrected chi connectivity index (χ3v) is 3.92. The predicted molar refractivity (Wildman–Crippen MR) is 65.8 cm³/mol. The van der Waals surface area contributed by atoms with Crippen molar-refractivity contribution in [3.63, 3.8) is 0 Å². The molecular formula is C11H15NO4S. The molecular weight excluding hydrogens is 242 g/mol. The second-order valence-corrected chi connectivity index (χ2v) is 6.35. The van der Waals surface area contributed by atoms with E-state index in [1.54, 1.807) is 19.1 Å². The summed E-state index contributed by atoms with van der Waals surface area (Å²) in [5.74, 6) is -0.752. The van der Waals surface area contributed by atoms with Crippen molar-refractivity contribution in [2.45, 2.75) is 19.1 Å². The number of hydrogen-bond acceptors (Lipinski definition) is 4. The Morgan fingerprint density at radius 1 is 1.41 bits per heavy atom. The first kappa shape index (κ1) is 13.5. The number of carbonyl (C=O) groups is 1. The summed E-state index contributed by atoms with van der Waals surface area (Å²) in [5.41, 5.74) is 1.07. The Kier molecular flexibility index (Phi) is 3.77. The van der Waals surface area contributed by atoms with E-state index in [4.69, 9.17) is 0 Å². The number of anilines is 1. The van der Waals surface area contributed by atoms with Crippen molar-refractivity contribution in [2.75, 3.05) is 11.6 Å². The minimum atomic E-state index is -3.44. The summed E-state index contributed by atoms with van der Waals surface area (Å²) in [6, 6.07) is 4.70. The number of benzene rings is 1. The summed E-state index contributed by atoms with van der Waals surface area (Å²) in [7, 11) is -3.44. The van der Waals surface area contributed by atoms with Gasteiger partial charge in [0, 0.05) is 6.26 Å². The maximum absolute atomic E-state index is 11.6. The molecule has 1 amide bonds. The van der Waals surface area contributed by atoms with Crippen LogP contribution < -0.4 is 5.32 Å². The van der Waals surface area contributed by atoms with E-state index >= 15 is 0 Å². The molecule has 17 heavy (non-hydrogen) atoms. The van der Waals surface area contributed by atoms with Crippen LogP contribution in [0.1, 0.15) is 12.5 Å². The summed E-state index contributed by atoms with van der Waals surface area (Å²) >= 11 is 0. The van der Waals surface area contributed by atoms with Gasteiger partial charge in [-0.2, -0.15) is 0 Å². The molecule has 0 bridgehead atoms. The lowest BCUT2D eigenvalue weighted by Gasteiger charge is -2.12. The number of amides is 1. The van der Waals surface area contributed by atoms with Crippen LogP contribution in [0, 0.1) is 6.92 Å². The van der Waals surface area contributed by atoms with Gasteiger partial charge in [-0.3, -0.25) is 4.79 Å². The van der Waals surface area contributed by atoms with Gasteiger partial charge in [-0.15, -0.1) is 0 Å². The molecule has 0 radical (unpaired) electrons. The van der Waals surface area contributed by atoms with Crippen LogP contribution >= 0.6 is 0 Å². The van der Waals surface area contributed by atoms with Gasteiger partial charge in [-0.05, 0) is 31.5 Å². The van der Waals surface area contributed by atoms with Crippen LogP contribution in [-0.4, -0.2) is 30.9 Å². The molecule has 0 fully saturated rings. The molecule has 6 heteroatoms. The Morgan fingerprint density at radius 3 is 2.53 bits per heavy atom. The van der Waals surface area contributed by atoms with Gasteiger partial charge >= 0.3 is 0 Å². The number of aryl methyl sites for hydroxylation is 1. The SMILES string of the molecule is Cc1ccc(O)c(NC(=O)[C@@H](C)S(C)(=O)=O)c1. The van der Waals surface area contributed by atoms with Crippen LogP contribution in [0.25, 0.3) is 0 Å². The van der Waals surface area contributed by atoms with Crippen LogP contribution in [0.2, 0.25) is 0 Å². The monoisotopic (exact) mass is 257 g/mol. The lowest BCUT2D eigenvalue weighted by atomic mass is 10.2. The first-order valence-electron chi connectivity index (χ1n) is 5.01. The second-order valence-electron chi connectivity index (χ2n) is 3.98. The van der Waals surface area contributed by atoms with Gasteiger partial charge in [0.2, 0.25) is 5.91 Å². The van der Waals surface area contributed by atoms with Crippen LogP contribution in [0.15, 0.2) is 18.2 Å². The highest BCUT2D eigenvalue weighted by molar-refractivity contribution is 7.92. The average Bonchev–Trinajstić information content (AvgIpc) is 2.21. The Bertz CT molecular complexity index is 536. The highest BCUT2D eigenvalue weighted by Crippen LogP contribution is 2.24. The zero-order valence-electron chi connectivity index (χ0n) is 9.89. The number of carbonyl (C=O) groups excluding carboxylic acids is 1. The molecule has 1 aromatic rings. The molecule has 94 valence electrons. The molecule has 1 rings (SSSR count). The molecule has 0 unspecified atom stereocenters. The van der Waals surface area contributed by atoms with E-state index in [1.165, 1.54) is 13.0 Å². The van der Waals surface area contributed by atoms with E-state index in [0.29, 0.717) is 0 Å². The zero-order valence-corrected chi connectivity index (χ0v) is 10.7. The Hall–Kier alpha value is -1.56. The lowest BCUT2D eigenvalue weighted by Crippen LogP contribution is -2.31. The van der Waals surface area contributed by atoms with Crippen LogP contribution in [0.3, 0.4) is 0 Å². The molecule has 0 saturated carbocycles. The average molecular weight is 257 g/mol. The van der Waals surface area contributed by atoms with E-state index < -0.39 is 21.0 Å². The lowest BCUT2D eigenvalue weighted by molar-refractivity contribution is -0.115. The predicted octanol–water partition coefficient (Wildman–Crippen LogP) is 1.07. The van der Waals surface area contributed by atoms with Crippen molar-refractivity contribution in [3.05, 3.63) is 23.8 Å². The van der Waals surface area contributed by atoms with E-state index in [2.05, 4.69) is 5.32 Å². The third-order valence-electron chi connectivity index (χ3n) is 2.42. The maximum Gasteiger partial charge on any atom is 0.242 e. The number of rotatable bonds is 3. The molecule has 1 atom stereocenters. The Balaban J connectivity index is 2.92. The van der Waals surface area contributed by atoms with Crippen LogP contribution in [0.5, 0.6) is 5.75 Å². The molecule has 0 aliphatic carbocycles. The van der Waals surface area contributed by atoms with Crippen LogP contribution in [0.4, 0.5) is 5.69 Å². The molecule has 1 aromatic carbocycles. The highest BCUT2D eigenvalue weighted by atomic mass is 32.2. The van der Waals surface area contributed by atoms with Crippen molar-refractivity contribution in [1.82, 2.24) is 0 Å². The Labute approximate surface area is 100 Å². The fraction of sp³-hybridized carbons (Fsp3) is 0.364. The fourth-order valence-corrected chi connectivity index (χ4v) is 1.63. The second kappa shape index (κ2) is 4.75. The topological polar surface area (TPSA) is 83.5 Å². The normalized spacial score (nSPS) is 13.1. The minimum absolute atomic E-state index is 0.0929. The van der Waals surface area contributed by atoms with Gasteiger partial charge in [-0.1, -0.05) is 6.07 Å². The summed E-state index contributed by atoms with van der Waals surface area (Å²) in [5, 5.41) is 10.7. The molecule has 0 heterocycles. The molecule has 2 N–H and O–H groups in total. The number of phenols is 1. The van der Waals surface area contributed by atoms with Crippen molar-refractivity contribution >= 4 is 21.4 Å². The standard InChI is InChI=1S/C11H15NO4S/c1-7-4-5-10(13)9(6-7)12-11(14)8(2)17(3,15)16/h4-6,8,13H,1-3H3,(H,12,14)/t8-/m1/s1. The highest BCUT2D eigenvalue weighted by Gasteiger charge is 2.24. The minimum Gasteiger partial charge on any atom is -0.506 e. The Morgan fingerprint density at radius 2 is 2.00 bits per heavy atom. The summed E-state index contributed by atoms with van der Waals surface area (Å²) in [6.45, 7) is 3.10. The molecule has 0 aliphatic rings. The summed E-state index contributed by atoms with van der Waals surface area (Å²) in [6.07, 6.45) is 0.993. The first-order chi connectivity index (χ1) is 7.71. The van der Waals surface area contributed by atoms with E-state index in [1.807, 2.05) is 0 Å². The first-order valence-corrected chi connectivity index (χ1v) is 6.96. The smallest absolute Gasteiger partial charge is 0.242 e. The van der Waals surface area contributed by atoms with Crippen molar-refractivity contribution in [2.24, 2.45) is 0 Å². The van der Waals surface area contributed by atoms with Gasteiger partial charge in [-0.25, -0.2) is 8.42 Å². The fourth-order valence-electron chi connectivity index (χ4n) is 1.18. The molecule has 0 aliphatic heterocycles. The van der Waals surface area contributed by atoms with Gasteiger partial charge < -0.3 is 10.4 Å². The molecule has 0 aromatic heterocycles. The van der Waals surface area contributed by atoms with E-state index in [-0.39, 0.29) is 11.4 Å². The van der Waals surface area contributed by atoms with Crippen molar-refractivity contribution < 1.29 is 18.3 Å². The van der Waals surface area contributed by atoms with Gasteiger partial charge in [0.15, 0.2) is 9.84 Å². The van der Waals surface area contributed by atoms with Gasteiger partial charge in [0.25, 0.3) is 0 Å². The number of aromatic hydroxyl groups is 1. The quantitative estimate of drug-likeness (QED) is 0.793. The third kappa shape index (κ3) is 3.45. The number of nitrogens with one attached hydrogen (secondary N) is 1. The summed E-state index contributed by atoms with van der Waals surface area (Å²) in [4.78, 5) is 11.6.